The minimum Gasteiger partial charge on any atom is -0.481 e. The molecule has 0 saturated carbocycles. The molecule has 0 aliphatic rings. The van der Waals surface area contributed by atoms with Crippen LogP contribution in [0.3, 0.4) is 0 Å². The molecule has 4 heteroatoms. The van der Waals surface area contributed by atoms with E-state index in [4.69, 9.17) is 4.74 Å². The Kier molecular flexibility index (Phi) is 3.00. The lowest BCUT2D eigenvalue weighted by molar-refractivity contribution is 0.398. The van der Waals surface area contributed by atoms with Crippen LogP contribution in [0.1, 0.15) is 0 Å². The van der Waals surface area contributed by atoms with Gasteiger partial charge in [0.25, 0.3) is 0 Å². The predicted octanol–water partition coefficient (Wildman–Crippen LogP) is 2.19. The second-order valence-corrected chi connectivity index (χ2v) is 3.27. The minimum atomic E-state index is 0.611. The zero-order valence-electron chi connectivity index (χ0n) is 9.27. The third-order valence-corrected chi connectivity index (χ3v) is 2.29. The largest absolute Gasteiger partial charge is 0.481 e. The molecule has 0 aliphatic carbocycles. The molecule has 0 aliphatic heterocycles. The molecule has 2 rings (SSSR count). The first-order chi connectivity index (χ1) is 7.83. The molecule has 0 atom stereocenters. The van der Waals surface area contributed by atoms with Crippen LogP contribution in [0.15, 0.2) is 36.7 Å². The molecule has 4 nitrogen and oxygen atoms in total. The summed E-state index contributed by atoms with van der Waals surface area (Å²) >= 11 is 0. The highest BCUT2D eigenvalue weighted by molar-refractivity contribution is 5.66. The van der Waals surface area contributed by atoms with E-state index in [1.54, 1.807) is 19.5 Å². The fourth-order valence-electron chi connectivity index (χ4n) is 1.45. The number of nitrogens with zero attached hydrogens (tertiary/aromatic N) is 2. The number of nitrogens with one attached hydrogen (secondary N) is 1. The molecule has 1 N–H and O–H groups in total. The van der Waals surface area contributed by atoms with Crippen molar-refractivity contribution >= 4 is 5.82 Å². The van der Waals surface area contributed by atoms with Crippen molar-refractivity contribution in [2.24, 2.45) is 0 Å². The molecule has 2 aromatic heterocycles. The van der Waals surface area contributed by atoms with E-state index in [-0.39, 0.29) is 0 Å². The highest BCUT2D eigenvalue weighted by Crippen LogP contribution is 2.23. The Morgan fingerprint density at radius 3 is 2.44 bits per heavy atom. The van der Waals surface area contributed by atoms with Gasteiger partial charge in [-0.3, -0.25) is 0 Å². The molecular formula is C12H13N3O. The number of ether oxygens (including phenoxy) is 1. The van der Waals surface area contributed by atoms with E-state index in [9.17, 15) is 0 Å². The van der Waals surface area contributed by atoms with Gasteiger partial charge in [0.05, 0.1) is 7.11 Å². The van der Waals surface area contributed by atoms with Crippen LogP contribution in [0.25, 0.3) is 11.1 Å². The SMILES string of the molecule is CNc1cc(-c2ccnc(OC)c2)ccn1. The lowest BCUT2D eigenvalue weighted by atomic mass is 10.1. The number of hydrogen-bond acceptors (Lipinski definition) is 4. The maximum atomic E-state index is 5.09. The molecule has 0 aromatic carbocycles. The molecule has 0 unspecified atom stereocenters. The molecule has 16 heavy (non-hydrogen) atoms. The Hall–Kier alpha value is -2.10. The third kappa shape index (κ3) is 2.11. The van der Waals surface area contributed by atoms with Crippen molar-refractivity contribution in [3.05, 3.63) is 36.7 Å². The van der Waals surface area contributed by atoms with E-state index in [1.165, 1.54) is 0 Å². The van der Waals surface area contributed by atoms with Crippen molar-refractivity contribution in [2.45, 2.75) is 0 Å². The van der Waals surface area contributed by atoms with E-state index >= 15 is 0 Å². The zero-order chi connectivity index (χ0) is 11.4. The van der Waals surface area contributed by atoms with Gasteiger partial charge in [-0.1, -0.05) is 0 Å². The van der Waals surface area contributed by atoms with Gasteiger partial charge >= 0.3 is 0 Å². The number of anilines is 1. The Morgan fingerprint density at radius 2 is 1.75 bits per heavy atom. The van der Waals surface area contributed by atoms with Crippen LogP contribution in [0.2, 0.25) is 0 Å². The third-order valence-electron chi connectivity index (χ3n) is 2.29. The second-order valence-electron chi connectivity index (χ2n) is 3.27. The number of aromatic nitrogens is 2. The monoisotopic (exact) mass is 215 g/mol. The molecule has 0 bridgehead atoms. The first kappa shape index (κ1) is 10.4. The van der Waals surface area contributed by atoms with E-state index in [1.807, 2.05) is 31.3 Å². The van der Waals surface area contributed by atoms with Gasteiger partial charge in [-0.2, -0.15) is 0 Å². The topological polar surface area (TPSA) is 47.0 Å². The van der Waals surface area contributed by atoms with Crippen LogP contribution in [0, 0.1) is 0 Å². The molecule has 2 aromatic rings. The van der Waals surface area contributed by atoms with Gasteiger partial charge in [0.1, 0.15) is 5.82 Å². The quantitative estimate of drug-likeness (QED) is 0.852. The number of hydrogen-bond donors (Lipinski definition) is 1. The standard InChI is InChI=1S/C12H13N3O/c1-13-11-7-9(3-5-14-11)10-4-6-15-12(8-10)16-2/h3-8H,1-2H3,(H,13,14). The van der Waals surface area contributed by atoms with Gasteiger partial charge in [0.15, 0.2) is 0 Å². The normalized spacial score (nSPS) is 9.88. The van der Waals surface area contributed by atoms with Crippen molar-refractivity contribution in [1.29, 1.82) is 0 Å². The number of pyridine rings is 2. The van der Waals surface area contributed by atoms with E-state index in [0.29, 0.717) is 5.88 Å². The summed E-state index contributed by atoms with van der Waals surface area (Å²) < 4.78 is 5.09. The van der Waals surface area contributed by atoms with E-state index in [0.717, 1.165) is 16.9 Å². The Morgan fingerprint density at radius 1 is 1.06 bits per heavy atom. The van der Waals surface area contributed by atoms with Crippen molar-refractivity contribution < 1.29 is 4.74 Å². The van der Waals surface area contributed by atoms with Gasteiger partial charge in [0, 0.05) is 25.5 Å². The smallest absolute Gasteiger partial charge is 0.213 e. The van der Waals surface area contributed by atoms with Crippen molar-refractivity contribution in [3.63, 3.8) is 0 Å². The maximum Gasteiger partial charge on any atom is 0.213 e. The predicted molar refractivity (Wildman–Crippen MR) is 63.6 cm³/mol. The van der Waals surface area contributed by atoms with E-state index in [2.05, 4.69) is 15.3 Å². The first-order valence-corrected chi connectivity index (χ1v) is 4.97. The average Bonchev–Trinajstić information content (AvgIpc) is 2.39. The molecule has 0 spiro atoms. The van der Waals surface area contributed by atoms with Crippen LogP contribution >= 0.6 is 0 Å². The lowest BCUT2D eigenvalue weighted by Gasteiger charge is -2.05. The summed E-state index contributed by atoms with van der Waals surface area (Å²) in [7, 11) is 3.46. The van der Waals surface area contributed by atoms with Gasteiger partial charge in [0.2, 0.25) is 5.88 Å². The van der Waals surface area contributed by atoms with Crippen LogP contribution in [0.4, 0.5) is 5.82 Å². The summed E-state index contributed by atoms with van der Waals surface area (Å²) in [4.78, 5) is 8.24. The summed E-state index contributed by atoms with van der Waals surface area (Å²) in [6.45, 7) is 0. The van der Waals surface area contributed by atoms with Gasteiger partial charge in [-0.25, -0.2) is 9.97 Å². The van der Waals surface area contributed by atoms with Gasteiger partial charge in [-0.15, -0.1) is 0 Å². The Balaban J connectivity index is 2.41. The fourth-order valence-corrected chi connectivity index (χ4v) is 1.45. The van der Waals surface area contributed by atoms with Gasteiger partial charge in [-0.05, 0) is 29.3 Å². The fraction of sp³-hybridized carbons (Fsp3) is 0.167. The highest BCUT2D eigenvalue weighted by Gasteiger charge is 2.01. The summed E-state index contributed by atoms with van der Waals surface area (Å²) in [5.74, 6) is 1.45. The van der Waals surface area contributed by atoms with Crippen LogP contribution in [-0.4, -0.2) is 24.1 Å². The van der Waals surface area contributed by atoms with Crippen molar-refractivity contribution in [3.8, 4) is 17.0 Å². The van der Waals surface area contributed by atoms with Crippen LogP contribution in [0.5, 0.6) is 5.88 Å². The zero-order valence-corrected chi connectivity index (χ0v) is 9.27. The number of methoxy groups -OCH3 is 1. The molecule has 2 heterocycles. The molecule has 0 saturated heterocycles. The first-order valence-electron chi connectivity index (χ1n) is 4.97. The van der Waals surface area contributed by atoms with Crippen molar-refractivity contribution in [2.75, 3.05) is 19.5 Å². The second kappa shape index (κ2) is 4.61. The summed E-state index contributed by atoms with van der Waals surface area (Å²) in [5.41, 5.74) is 2.14. The summed E-state index contributed by atoms with van der Waals surface area (Å²) in [6, 6.07) is 7.77. The molecule has 0 fully saturated rings. The van der Waals surface area contributed by atoms with Crippen LogP contribution < -0.4 is 10.1 Å². The van der Waals surface area contributed by atoms with Crippen molar-refractivity contribution in [1.82, 2.24) is 9.97 Å². The Labute approximate surface area is 94.3 Å². The maximum absolute atomic E-state index is 5.09. The average molecular weight is 215 g/mol. The summed E-state index contributed by atoms with van der Waals surface area (Å²) in [5, 5.41) is 3.01. The lowest BCUT2D eigenvalue weighted by Crippen LogP contribution is -1.92. The molecule has 0 radical (unpaired) electrons. The molecule has 82 valence electrons. The molecule has 0 amide bonds. The highest BCUT2D eigenvalue weighted by atomic mass is 16.5. The summed E-state index contributed by atoms with van der Waals surface area (Å²) in [6.07, 6.45) is 3.50. The van der Waals surface area contributed by atoms with E-state index < -0.39 is 0 Å². The Bertz CT molecular complexity index is 440. The van der Waals surface area contributed by atoms with Gasteiger partial charge < -0.3 is 10.1 Å². The minimum absolute atomic E-state index is 0.611. The number of rotatable bonds is 3. The van der Waals surface area contributed by atoms with Crippen LogP contribution in [-0.2, 0) is 0 Å². The molecular weight excluding hydrogens is 202 g/mol.